The monoisotopic (exact) mass is 404 g/mol. The number of benzene rings is 2. The lowest BCUT2D eigenvalue weighted by atomic mass is 10.1. The molecular weight excluding hydrogens is 384 g/mol. The number of halogens is 1. The first-order valence-electron chi connectivity index (χ1n) is 7.78. The van der Waals surface area contributed by atoms with Gasteiger partial charge in [0, 0.05) is 18.3 Å². The Morgan fingerprint density at radius 3 is 2.52 bits per heavy atom. The second kappa shape index (κ2) is 8.16. The number of hydrogen-bond donors (Lipinski definition) is 1. The molecule has 2 aromatic carbocycles. The van der Waals surface area contributed by atoms with E-state index < -0.39 is 0 Å². The summed E-state index contributed by atoms with van der Waals surface area (Å²) >= 11 is 3.36. The number of amides is 2. The van der Waals surface area contributed by atoms with E-state index >= 15 is 0 Å². The van der Waals surface area contributed by atoms with Gasteiger partial charge in [-0.25, -0.2) is 0 Å². The molecule has 0 saturated carbocycles. The largest absolute Gasteiger partial charge is 0.496 e. The number of nitrogens with one attached hydrogen (secondary N) is 1. The minimum Gasteiger partial charge on any atom is -0.496 e. The summed E-state index contributed by atoms with van der Waals surface area (Å²) in [5, 5.41) is 2.86. The number of rotatable bonds is 5. The number of carbonyl (C=O) groups is 2. The zero-order chi connectivity index (χ0) is 18.6. The number of aryl methyl sites for hydroxylation is 2. The Morgan fingerprint density at radius 1 is 1.16 bits per heavy atom. The van der Waals surface area contributed by atoms with Crippen molar-refractivity contribution in [2.75, 3.05) is 26.0 Å². The molecule has 0 bridgehead atoms. The third-order valence-electron chi connectivity index (χ3n) is 3.79. The molecule has 2 amide bonds. The number of hydrogen-bond acceptors (Lipinski definition) is 3. The van der Waals surface area contributed by atoms with Crippen LogP contribution in [0.1, 0.15) is 21.5 Å². The van der Waals surface area contributed by atoms with Crippen LogP contribution in [-0.4, -0.2) is 37.4 Å². The van der Waals surface area contributed by atoms with Crippen LogP contribution in [0.2, 0.25) is 0 Å². The topological polar surface area (TPSA) is 58.6 Å². The zero-order valence-electron chi connectivity index (χ0n) is 14.7. The highest BCUT2D eigenvalue weighted by Crippen LogP contribution is 2.26. The van der Waals surface area contributed by atoms with Crippen molar-refractivity contribution in [3.63, 3.8) is 0 Å². The second-order valence-corrected chi connectivity index (χ2v) is 6.73. The molecule has 0 heterocycles. The fourth-order valence-electron chi connectivity index (χ4n) is 2.37. The summed E-state index contributed by atoms with van der Waals surface area (Å²) in [6.07, 6.45) is 0. The van der Waals surface area contributed by atoms with E-state index in [-0.39, 0.29) is 18.4 Å². The van der Waals surface area contributed by atoms with E-state index in [0.29, 0.717) is 15.8 Å². The van der Waals surface area contributed by atoms with Crippen LogP contribution in [0.5, 0.6) is 5.75 Å². The van der Waals surface area contributed by atoms with E-state index in [1.165, 1.54) is 4.90 Å². The third-order valence-corrected chi connectivity index (χ3v) is 4.41. The van der Waals surface area contributed by atoms with Gasteiger partial charge in [0.05, 0.1) is 18.1 Å². The first kappa shape index (κ1) is 19.0. The van der Waals surface area contributed by atoms with Crippen LogP contribution in [0, 0.1) is 13.8 Å². The summed E-state index contributed by atoms with van der Waals surface area (Å²) in [5.74, 6) is 0.170. The molecule has 6 heteroatoms. The van der Waals surface area contributed by atoms with Crippen LogP contribution in [0.4, 0.5) is 5.69 Å². The fraction of sp³-hybridized carbons (Fsp3) is 0.263. The number of nitrogens with zero attached hydrogens (tertiary/aromatic N) is 1. The van der Waals surface area contributed by atoms with Crippen molar-refractivity contribution in [1.29, 1.82) is 0 Å². The quantitative estimate of drug-likeness (QED) is 0.824. The molecule has 0 fully saturated rings. The van der Waals surface area contributed by atoms with Crippen molar-refractivity contribution >= 4 is 33.4 Å². The van der Waals surface area contributed by atoms with Gasteiger partial charge in [-0.15, -0.1) is 0 Å². The molecule has 0 aliphatic carbocycles. The van der Waals surface area contributed by atoms with Crippen LogP contribution in [0.15, 0.2) is 40.9 Å². The Bertz CT molecular complexity index is 805. The second-order valence-electron chi connectivity index (χ2n) is 5.88. The summed E-state index contributed by atoms with van der Waals surface area (Å²) < 4.78 is 5.85. The Balaban J connectivity index is 2.04. The Hall–Kier alpha value is -2.34. The molecule has 0 aromatic heterocycles. The van der Waals surface area contributed by atoms with Crippen molar-refractivity contribution in [3.05, 3.63) is 57.6 Å². The Morgan fingerprint density at radius 2 is 1.88 bits per heavy atom. The van der Waals surface area contributed by atoms with Crippen LogP contribution >= 0.6 is 15.9 Å². The van der Waals surface area contributed by atoms with E-state index in [9.17, 15) is 9.59 Å². The molecule has 2 rings (SSSR count). The molecule has 0 radical (unpaired) electrons. The van der Waals surface area contributed by atoms with Crippen LogP contribution in [0.3, 0.4) is 0 Å². The van der Waals surface area contributed by atoms with Gasteiger partial charge in [-0.05, 0) is 65.2 Å². The highest BCUT2D eigenvalue weighted by Gasteiger charge is 2.16. The maximum Gasteiger partial charge on any atom is 0.254 e. The summed E-state index contributed by atoms with van der Waals surface area (Å²) in [5.41, 5.74) is 3.29. The lowest BCUT2D eigenvalue weighted by Crippen LogP contribution is -2.35. The summed E-state index contributed by atoms with van der Waals surface area (Å²) in [6, 6.07) is 10.9. The van der Waals surface area contributed by atoms with Crippen molar-refractivity contribution < 1.29 is 14.3 Å². The van der Waals surface area contributed by atoms with E-state index in [2.05, 4.69) is 21.2 Å². The van der Waals surface area contributed by atoms with Crippen molar-refractivity contribution in [2.24, 2.45) is 0 Å². The molecule has 25 heavy (non-hydrogen) atoms. The highest BCUT2D eigenvalue weighted by molar-refractivity contribution is 9.10. The number of ether oxygens (including phenoxy) is 1. The van der Waals surface area contributed by atoms with Gasteiger partial charge in [0.1, 0.15) is 5.75 Å². The zero-order valence-corrected chi connectivity index (χ0v) is 16.3. The molecule has 1 N–H and O–H groups in total. The molecular formula is C19H21BrN2O3. The van der Waals surface area contributed by atoms with Gasteiger partial charge in [0.15, 0.2) is 0 Å². The number of anilines is 1. The third kappa shape index (κ3) is 4.82. The standard InChI is InChI=1S/C19H21BrN2O3/c1-12-5-6-13(2)16(9-12)21-18(23)11-22(3)19(24)14-7-8-17(25-4)15(20)10-14/h5-10H,11H2,1-4H3,(H,21,23). The summed E-state index contributed by atoms with van der Waals surface area (Å²) in [4.78, 5) is 26.1. The molecule has 0 saturated heterocycles. The average molecular weight is 405 g/mol. The first-order chi connectivity index (χ1) is 11.8. The van der Waals surface area contributed by atoms with Crippen molar-refractivity contribution in [3.8, 4) is 5.75 Å². The van der Waals surface area contributed by atoms with Gasteiger partial charge in [-0.1, -0.05) is 12.1 Å². The van der Waals surface area contributed by atoms with Crippen LogP contribution < -0.4 is 10.1 Å². The van der Waals surface area contributed by atoms with E-state index in [1.807, 2.05) is 32.0 Å². The SMILES string of the molecule is COc1ccc(C(=O)N(C)CC(=O)Nc2cc(C)ccc2C)cc1Br. The van der Waals surface area contributed by atoms with Gasteiger partial charge in [-0.3, -0.25) is 9.59 Å². The molecule has 0 atom stereocenters. The molecule has 0 unspecified atom stereocenters. The average Bonchev–Trinajstić information content (AvgIpc) is 2.57. The van der Waals surface area contributed by atoms with Gasteiger partial charge in [-0.2, -0.15) is 0 Å². The summed E-state index contributed by atoms with van der Waals surface area (Å²) in [6.45, 7) is 3.86. The van der Waals surface area contributed by atoms with Gasteiger partial charge in [0.25, 0.3) is 5.91 Å². The lowest BCUT2D eigenvalue weighted by Gasteiger charge is -2.18. The van der Waals surface area contributed by atoms with E-state index in [0.717, 1.165) is 16.8 Å². The summed E-state index contributed by atoms with van der Waals surface area (Å²) in [7, 11) is 3.16. The molecule has 0 spiro atoms. The Labute approximate surface area is 156 Å². The highest BCUT2D eigenvalue weighted by atomic mass is 79.9. The smallest absolute Gasteiger partial charge is 0.254 e. The van der Waals surface area contributed by atoms with Crippen molar-refractivity contribution in [1.82, 2.24) is 4.90 Å². The molecule has 0 aliphatic heterocycles. The molecule has 5 nitrogen and oxygen atoms in total. The number of carbonyl (C=O) groups excluding carboxylic acids is 2. The van der Waals surface area contributed by atoms with Crippen LogP contribution in [0.25, 0.3) is 0 Å². The normalized spacial score (nSPS) is 10.3. The Kier molecular flexibility index (Phi) is 6.20. The maximum absolute atomic E-state index is 12.5. The molecule has 2 aromatic rings. The van der Waals surface area contributed by atoms with E-state index in [1.54, 1.807) is 32.4 Å². The fourth-order valence-corrected chi connectivity index (χ4v) is 2.91. The van der Waals surface area contributed by atoms with Gasteiger partial charge >= 0.3 is 0 Å². The van der Waals surface area contributed by atoms with Crippen molar-refractivity contribution in [2.45, 2.75) is 13.8 Å². The van der Waals surface area contributed by atoms with Gasteiger partial charge in [0.2, 0.25) is 5.91 Å². The maximum atomic E-state index is 12.5. The lowest BCUT2D eigenvalue weighted by molar-refractivity contribution is -0.116. The van der Waals surface area contributed by atoms with Gasteiger partial charge < -0.3 is 15.0 Å². The minimum absolute atomic E-state index is 0.0319. The molecule has 0 aliphatic rings. The van der Waals surface area contributed by atoms with E-state index in [4.69, 9.17) is 4.74 Å². The number of likely N-dealkylation sites (N-methyl/N-ethyl adjacent to an activating group) is 1. The predicted molar refractivity (Wildman–Crippen MR) is 102 cm³/mol. The predicted octanol–water partition coefficient (Wildman–Crippen LogP) is 3.79. The molecule has 132 valence electrons. The first-order valence-corrected chi connectivity index (χ1v) is 8.57. The number of methoxy groups -OCH3 is 1. The minimum atomic E-state index is -0.239. The van der Waals surface area contributed by atoms with Crippen LogP contribution in [-0.2, 0) is 4.79 Å².